The first-order valence-electron chi connectivity index (χ1n) is 6.78. The molecule has 0 aliphatic carbocycles. The summed E-state index contributed by atoms with van der Waals surface area (Å²) < 4.78 is 1.67. The van der Waals surface area contributed by atoms with E-state index in [-0.39, 0.29) is 5.56 Å². The topological polar surface area (TPSA) is 51.0 Å². The molecule has 0 bridgehead atoms. The molecule has 0 amide bonds. The summed E-state index contributed by atoms with van der Waals surface area (Å²) in [7, 11) is 0. The molecule has 1 aliphatic rings. The molecule has 1 aliphatic heterocycles. The van der Waals surface area contributed by atoms with Crippen molar-refractivity contribution in [2.75, 3.05) is 11.4 Å². The van der Waals surface area contributed by atoms with Crippen LogP contribution < -0.4 is 10.5 Å². The third-order valence-corrected chi connectivity index (χ3v) is 4.70. The number of rotatable bonds is 2. The van der Waals surface area contributed by atoms with Crippen molar-refractivity contribution < 1.29 is 0 Å². The summed E-state index contributed by atoms with van der Waals surface area (Å²) in [6.07, 6.45) is 0. The summed E-state index contributed by atoms with van der Waals surface area (Å²) >= 11 is 7.53. The average molecular weight is 331 g/mol. The number of fused-ring (bicyclic) bond motifs is 1. The van der Waals surface area contributed by atoms with Gasteiger partial charge in [-0.2, -0.15) is 0 Å². The second-order valence-corrected chi connectivity index (χ2v) is 6.30. The second-order valence-electron chi connectivity index (χ2n) is 4.91. The van der Waals surface area contributed by atoms with Crippen LogP contribution in [-0.4, -0.2) is 21.3 Å². The van der Waals surface area contributed by atoms with Gasteiger partial charge in [0.25, 0.3) is 5.56 Å². The molecule has 0 unspecified atom stereocenters. The van der Waals surface area contributed by atoms with E-state index in [0.29, 0.717) is 29.8 Å². The molecule has 110 valence electrons. The normalized spacial score (nSPS) is 13.4. The van der Waals surface area contributed by atoms with Crippen molar-refractivity contribution in [1.29, 1.82) is 0 Å². The van der Waals surface area contributed by atoms with E-state index >= 15 is 0 Å². The Morgan fingerprint density at radius 1 is 1.14 bits per heavy atom. The quantitative estimate of drug-likeness (QED) is 0.724. The molecule has 0 N–H and O–H groups in total. The van der Waals surface area contributed by atoms with Crippen molar-refractivity contribution in [3.05, 3.63) is 57.2 Å². The fourth-order valence-corrected chi connectivity index (χ4v) is 3.45. The van der Waals surface area contributed by atoms with Crippen LogP contribution >= 0.6 is 22.9 Å². The molecule has 22 heavy (non-hydrogen) atoms. The van der Waals surface area contributed by atoms with Gasteiger partial charge in [0.05, 0.1) is 4.88 Å². The van der Waals surface area contributed by atoms with Crippen LogP contribution in [0, 0.1) is 0 Å². The molecule has 3 heterocycles. The molecular formula is C15H11ClN4OS. The van der Waals surface area contributed by atoms with E-state index in [1.165, 1.54) is 11.3 Å². The first-order valence-corrected chi connectivity index (χ1v) is 8.04. The smallest absolute Gasteiger partial charge is 0.282 e. The van der Waals surface area contributed by atoms with Crippen LogP contribution in [0.3, 0.4) is 0 Å². The van der Waals surface area contributed by atoms with Crippen LogP contribution in [0.5, 0.6) is 0 Å². The molecule has 4 rings (SSSR count). The van der Waals surface area contributed by atoms with Crippen LogP contribution in [0.25, 0.3) is 10.6 Å². The van der Waals surface area contributed by atoms with Crippen LogP contribution in [0.15, 0.2) is 46.6 Å². The van der Waals surface area contributed by atoms with Gasteiger partial charge in [0.2, 0.25) is 5.95 Å². The number of hydrogen-bond acceptors (Lipinski definition) is 5. The van der Waals surface area contributed by atoms with Crippen molar-refractivity contribution in [2.24, 2.45) is 0 Å². The van der Waals surface area contributed by atoms with Gasteiger partial charge in [0.15, 0.2) is 5.69 Å². The minimum atomic E-state index is -0.100. The standard InChI is InChI=1S/C15H11ClN4OS/c16-10-3-1-4-11(9-10)19-6-7-20-14(21)13(17-18-15(19)20)12-5-2-8-22-12/h1-5,8-9H,6-7H2. The van der Waals surface area contributed by atoms with Crippen molar-refractivity contribution in [3.63, 3.8) is 0 Å². The summed E-state index contributed by atoms with van der Waals surface area (Å²) in [5, 5.41) is 11.0. The average Bonchev–Trinajstić information content (AvgIpc) is 3.17. The minimum absolute atomic E-state index is 0.100. The maximum absolute atomic E-state index is 12.6. The monoisotopic (exact) mass is 330 g/mol. The molecule has 3 aromatic rings. The van der Waals surface area contributed by atoms with E-state index in [0.717, 1.165) is 10.6 Å². The predicted molar refractivity (Wildman–Crippen MR) is 88.1 cm³/mol. The number of aromatic nitrogens is 3. The number of halogens is 1. The Hall–Kier alpha value is -2.18. The number of benzene rings is 1. The van der Waals surface area contributed by atoms with Gasteiger partial charge in [-0.25, -0.2) is 0 Å². The number of anilines is 2. The van der Waals surface area contributed by atoms with E-state index in [4.69, 9.17) is 11.6 Å². The van der Waals surface area contributed by atoms with Crippen molar-refractivity contribution >= 4 is 34.6 Å². The van der Waals surface area contributed by atoms with E-state index in [9.17, 15) is 4.79 Å². The fraction of sp³-hybridized carbons (Fsp3) is 0.133. The second kappa shape index (κ2) is 5.23. The lowest BCUT2D eigenvalue weighted by atomic mass is 10.3. The molecule has 1 aromatic carbocycles. The van der Waals surface area contributed by atoms with Gasteiger partial charge in [0, 0.05) is 23.8 Å². The Kier molecular flexibility index (Phi) is 3.20. The van der Waals surface area contributed by atoms with E-state index in [1.54, 1.807) is 4.57 Å². The molecule has 5 nitrogen and oxygen atoms in total. The molecule has 7 heteroatoms. The first kappa shape index (κ1) is 13.5. The van der Waals surface area contributed by atoms with Crippen LogP contribution in [0.4, 0.5) is 11.6 Å². The van der Waals surface area contributed by atoms with E-state index in [1.807, 2.05) is 46.7 Å². The van der Waals surface area contributed by atoms with Crippen molar-refractivity contribution in [2.45, 2.75) is 6.54 Å². The SMILES string of the molecule is O=c1c(-c2cccs2)nnc2n1CCN2c1cccc(Cl)c1. The summed E-state index contributed by atoms with van der Waals surface area (Å²) in [6.45, 7) is 1.27. The van der Waals surface area contributed by atoms with E-state index < -0.39 is 0 Å². The fourth-order valence-electron chi connectivity index (χ4n) is 2.57. The minimum Gasteiger partial charge on any atom is -0.309 e. The summed E-state index contributed by atoms with van der Waals surface area (Å²) in [6, 6.07) is 11.3. The van der Waals surface area contributed by atoms with Crippen molar-refractivity contribution in [1.82, 2.24) is 14.8 Å². The van der Waals surface area contributed by atoms with Gasteiger partial charge in [-0.3, -0.25) is 9.36 Å². The zero-order chi connectivity index (χ0) is 15.1. The van der Waals surface area contributed by atoms with Crippen molar-refractivity contribution in [3.8, 4) is 10.6 Å². The molecule has 0 spiro atoms. The molecular weight excluding hydrogens is 320 g/mol. The van der Waals surface area contributed by atoms with Crippen LogP contribution in [0.2, 0.25) is 5.02 Å². The molecule has 0 atom stereocenters. The Morgan fingerprint density at radius 2 is 2.05 bits per heavy atom. The van der Waals surface area contributed by atoms with E-state index in [2.05, 4.69) is 10.2 Å². The van der Waals surface area contributed by atoms with Gasteiger partial charge >= 0.3 is 0 Å². The zero-order valence-corrected chi connectivity index (χ0v) is 13.0. The van der Waals surface area contributed by atoms with Crippen LogP contribution in [-0.2, 0) is 6.54 Å². The van der Waals surface area contributed by atoms with Crippen LogP contribution in [0.1, 0.15) is 0 Å². The number of nitrogens with zero attached hydrogens (tertiary/aromatic N) is 4. The maximum atomic E-state index is 12.6. The summed E-state index contributed by atoms with van der Waals surface area (Å²) in [4.78, 5) is 15.4. The molecule has 0 saturated carbocycles. The number of hydrogen-bond donors (Lipinski definition) is 0. The Balaban J connectivity index is 1.81. The van der Waals surface area contributed by atoms with Gasteiger partial charge in [-0.15, -0.1) is 21.5 Å². The Morgan fingerprint density at radius 3 is 2.82 bits per heavy atom. The highest BCUT2D eigenvalue weighted by Crippen LogP contribution is 2.29. The molecule has 0 fully saturated rings. The maximum Gasteiger partial charge on any atom is 0.282 e. The predicted octanol–water partition coefficient (Wildman–Crippen LogP) is 3.17. The molecule has 2 aromatic heterocycles. The van der Waals surface area contributed by atoms with Gasteiger partial charge in [0.1, 0.15) is 0 Å². The van der Waals surface area contributed by atoms with Gasteiger partial charge in [-0.1, -0.05) is 23.7 Å². The lowest BCUT2D eigenvalue weighted by molar-refractivity contribution is 0.743. The third-order valence-electron chi connectivity index (χ3n) is 3.59. The molecule has 0 saturated heterocycles. The van der Waals surface area contributed by atoms with Gasteiger partial charge < -0.3 is 4.90 Å². The lowest BCUT2D eigenvalue weighted by Crippen LogP contribution is -2.23. The Bertz CT molecular complexity index is 891. The highest BCUT2D eigenvalue weighted by Gasteiger charge is 2.25. The summed E-state index contributed by atoms with van der Waals surface area (Å²) in [5.74, 6) is 0.563. The van der Waals surface area contributed by atoms with Gasteiger partial charge in [-0.05, 0) is 29.6 Å². The first-order chi connectivity index (χ1) is 10.7. The largest absolute Gasteiger partial charge is 0.309 e. The lowest BCUT2D eigenvalue weighted by Gasteiger charge is -2.16. The highest BCUT2D eigenvalue weighted by molar-refractivity contribution is 7.13. The molecule has 0 radical (unpaired) electrons. The summed E-state index contributed by atoms with van der Waals surface area (Å²) in [5.41, 5.74) is 1.22. The third kappa shape index (κ3) is 2.12. The number of thiophene rings is 1. The highest BCUT2D eigenvalue weighted by atomic mass is 35.5. The zero-order valence-electron chi connectivity index (χ0n) is 11.4. The Labute approximate surface area is 135 Å².